The highest BCUT2D eigenvalue weighted by atomic mass is 35.5. The van der Waals surface area contributed by atoms with Crippen LogP contribution in [0.2, 0.25) is 15.1 Å². The summed E-state index contributed by atoms with van der Waals surface area (Å²) in [6.45, 7) is 0. The zero-order valence-corrected chi connectivity index (χ0v) is 8.70. The van der Waals surface area contributed by atoms with Gasteiger partial charge in [-0.2, -0.15) is 10.5 Å². The van der Waals surface area contributed by atoms with Crippen LogP contribution < -0.4 is 0 Å². The van der Waals surface area contributed by atoms with E-state index in [1.165, 1.54) is 0 Å². The molecule has 0 saturated heterocycles. The van der Waals surface area contributed by atoms with Crippen molar-refractivity contribution in [1.82, 2.24) is 0 Å². The highest BCUT2D eigenvalue weighted by Gasteiger charge is 2.20. The Morgan fingerprint density at radius 3 is 2.00 bits per heavy atom. The van der Waals surface area contributed by atoms with Crippen molar-refractivity contribution >= 4 is 34.8 Å². The molecule has 6 heteroatoms. The zero-order chi connectivity index (χ0) is 11.6. The summed E-state index contributed by atoms with van der Waals surface area (Å²) in [5.74, 6) is -0.256. The second kappa shape index (κ2) is 3.94. The molecule has 0 fully saturated rings. The van der Waals surface area contributed by atoms with Crippen LogP contribution in [0.3, 0.4) is 0 Å². The van der Waals surface area contributed by atoms with Crippen LogP contribution in [-0.2, 0) is 0 Å². The highest BCUT2D eigenvalue weighted by Crippen LogP contribution is 2.41. The normalized spacial score (nSPS) is 9.93. The third-order valence-electron chi connectivity index (χ3n) is 1.50. The standard InChI is InChI=1S/C8HCl3N2O/c9-5-3(1-12)6(10)7(11)8(14)4(5)2-13/h14H/i/hD. The highest BCUT2D eigenvalue weighted by molar-refractivity contribution is 6.45. The Hall–Kier alpha value is -1.13. The summed E-state index contributed by atoms with van der Waals surface area (Å²) in [7, 11) is 0. The molecule has 1 aromatic rings. The summed E-state index contributed by atoms with van der Waals surface area (Å²) in [5.41, 5.74) is -0.293. The summed E-state index contributed by atoms with van der Waals surface area (Å²) in [5, 5.41) is 21.2. The molecule has 1 aromatic carbocycles. The van der Waals surface area contributed by atoms with Gasteiger partial charge < -0.3 is 5.11 Å². The number of nitriles is 2. The van der Waals surface area contributed by atoms with Crippen molar-refractivity contribution in [3.63, 3.8) is 0 Å². The lowest BCUT2D eigenvalue weighted by Crippen LogP contribution is -1.88. The molecule has 0 aromatic heterocycles. The van der Waals surface area contributed by atoms with Crippen LogP contribution in [0.1, 0.15) is 11.1 Å². The van der Waals surface area contributed by atoms with Crippen molar-refractivity contribution in [2.24, 2.45) is 0 Å². The lowest BCUT2D eigenvalue weighted by molar-refractivity contribution is 0.474. The molecule has 0 unspecified atom stereocenters. The smallest absolute Gasteiger partial charge is 0.293 e. The molecular weight excluding hydrogens is 246 g/mol. The summed E-state index contributed by atoms with van der Waals surface area (Å²) >= 11 is 17.1. The molecule has 0 atom stereocenters. The lowest BCUT2D eigenvalue weighted by atomic mass is 10.1. The predicted octanol–water partition coefficient (Wildman–Crippen LogP) is 3.10. The minimum atomic E-state index is -0.256. The lowest BCUT2D eigenvalue weighted by Gasteiger charge is -2.06. The molecule has 0 aliphatic rings. The first kappa shape index (κ1) is 9.43. The minimum absolute atomic E-state index is 0.110. The first-order chi connectivity index (χ1) is 7.08. The second-order valence-corrected chi connectivity index (χ2v) is 3.38. The van der Waals surface area contributed by atoms with Crippen LogP contribution in [0.25, 0.3) is 0 Å². The first-order valence-corrected chi connectivity index (χ1v) is 4.35. The van der Waals surface area contributed by atoms with Crippen molar-refractivity contribution in [1.29, 1.82) is 12.0 Å². The summed E-state index contributed by atoms with van der Waals surface area (Å²) in [4.78, 5) is 0. The maximum Gasteiger partial charge on any atom is 0.293 e. The number of aromatic hydroxyl groups is 1. The van der Waals surface area contributed by atoms with Gasteiger partial charge in [-0.1, -0.05) is 34.8 Å². The van der Waals surface area contributed by atoms with Crippen molar-refractivity contribution in [2.45, 2.75) is 0 Å². The Morgan fingerprint density at radius 2 is 1.57 bits per heavy atom. The summed E-state index contributed by atoms with van der Waals surface area (Å²) < 4.78 is 6.71. The predicted molar refractivity (Wildman–Crippen MR) is 52.6 cm³/mol. The van der Waals surface area contributed by atoms with E-state index in [0.29, 0.717) is 0 Å². The molecule has 0 amide bonds. The van der Waals surface area contributed by atoms with Crippen LogP contribution >= 0.6 is 34.8 Å². The quantitative estimate of drug-likeness (QED) is 0.777. The van der Waals surface area contributed by atoms with Crippen molar-refractivity contribution in [3.05, 3.63) is 26.2 Å². The monoisotopic (exact) mass is 247 g/mol. The largest absolute Gasteiger partial charge is 0.505 e. The molecule has 70 valence electrons. The Kier molecular flexibility index (Phi) is 2.65. The molecule has 0 heterocycles. The van der Waals surface area contributed by atoms with Gasteiger partial charge in [0.2, 0.25) is 0 Å². The molecule has 1 rings (SSSR count). The van der Waals surface area contributed by atoms with E-state index in [1.807, 2.05) is 0 Å². The Morgan fingerprint density at radius 1 is 1.00 bits per heavy atom. The van der Waals surface area contributed by atoms with E-state index < -0.39 is 0 Å². The Bertz CT molecular complexity index is 501. The molecule has 0 spiro atoms. The van der Waals surface area contributed by atoms with Crippen LogP contribution in [0.4, 0.5) is 0 Å². The van der Waals surface area contributed by atoms with Crippen LogP contribution in [0.15, 0.2) is 0 Å². The first-order valence-electron chi connectivity index (χ1n) is 3.63. The maximum absolute atomic E-state index is 8.76. The summed E-state index contributed by atoms with van der Waals surface area (Å²) in [6, 6.07) is 3.40. The SMILES string of the molecule is [2H]Oc1c(Cl)c(Cl)c(C#N)c(Cl)c1C#N. The fraction of sp³-hybridized carbons (Fsp3) is 0. The minimum Gasteiger partial charge on any atom is -0.505 e. The van der Waals surface area contributed by atoms with Gasteiger partial charge in [-0.15, -0.1) is 0 Å². The average Bonchev–Trinajstić information content (AvgIpc) is 2.23. The number of hydrogen-bond donors (Lipinski definition) is 1. The summed E-state index contributed by atoms with van der Waals surface area (Å²) in [6.07, 6.45) is 0. The number of phenolic OH excluding ortho intramolecular Hbond substituents is 1. The molecule has 0 bridgehead atoms. The van der Waals surface area contributed by atoms with Gasteiger partial charge in [-0.25, -0.2) is 0 Å². The zero-order valence-electron chi connectivity index (χ0n) is 7.44. The van der Waals surface area contributed by atoms with Crippen LogP contribution in [0, 0.1) is 22.7 Å². The average molecular weight is 248 g/mol. The maximum atomic E-state index is 8.76. The van der Waals surface area contributed by atoms with Gasteiger partial charge in [-0.05, 0) is 0 Å². The van der Waals surface area contributed by atoms with Crippen molar-refractivity contribution in [3.8, 4) is 17.9 Å². The molecule has 0 aliphatic heterocycles. The number of halogens is 3. The van der Waals surface area contributed by atoms with Gasteiger partial charge in [0.05, 0.1) is 15.6 Å². The van der Waals surface area contributed by atoms with Gasteiger partial charge in [0.25, 0.3) is 1.43 Å². The molecule has 14 heavy (non-hydrogen) atoms. The molecule has 0 aliphatic carbocycles. The van der Waals surface area contributed by atoms with Gasteiger partial charge >= 0.3 is 0 Å². The van der Waals surface area contributed by atoms with Gasteiger partial charge in [0.15, 0.2) is 5.75 Å². The Balaban J connectivity index is 3.77. The third-order valence-corrected chi connectivity index (χ3v) is 2.71. The van der Waals surface area contributed by atoms with E-state index in [2.05, 4.69) is 5.11 Å². The van der Waals surface area contributed by atoms with E-state index in [4.69, 9.17) is 46.8 Å². The van der Waals surface area contributed by atoms with Gasteiger partial charge in [0, 0.05) is 0 Å². The van der Waals surface area contributed by atoms with Gasteiger partial charge in [-0.3, -0.25) is 0 Å². The van der Waals surface area contributed by atoms with E-state index in [9.17, 15) is 0 Å². The second-order valence-electron chi connectivity index (χ2n) is 2.24. The molecule has 0 radical (unpaired) electrons. The molecule has 3 nitrogen and oxygen atoms in total. The number of benzene rings is 1. The van der Waals surface area contributed by atoms with Crippen LogP contribution in [0.5, 0.6) is 5.75 Å². The third kappa shape index (κ3) is 1.47. The Labute approximate surface area is 96.1 Å². The molecule has 1 N–H and O–H groups in total. The van der Waals surface area contributed by atoms with E-state index >= 15 is 0 Å². The van der Waals surface area contributed by atoms with Crippen molar-refractivity contribution in [2.75, 3.05) is 0 Å². The van der Waals surface area contributed by atoms with Crippen LogP contribution in [-0.4, -0.2) is 6.54 Å². The number of rotatable bonds is 1. The fourth-order valence-electron chi connectivity index (χ4n) is 0.838. The van der Waals surface area contributed by atoms with E-state index in [-0.39, 0.29) is 31.9 Å². The number of nitrogens with zero attached hydrogens (tertiary/aromatic N) is 2. The molecule has 0 saturated carbocycles. The fourth-order valence-corrected chi connectivity index (χ4v) is 1.56. The number of phenols is 1. The van der Waals surface area contributed by atoms with E-state index in [1.54, 1.807) is 12.1 Å². The van der Waals surface area contributed by atoms with Crippen molar-refractivity contribution < 1.29 is 5.11 Å². The number of hydrogen-bond acceptors (Lipinski definition) is 3. The topological polar surface area (TPSA) is 67.8 Å². The molecular formula is C8HCl3N2O. The van der Waals surface area contributed by atoms with E-state index in [0.717, 1.165) is 0 Å². The van der Waals surface area contributed by atoms with Gasteiger partial charge in [0.1, 0.15) is 22.7 Å².